The average molecular weight is 494 g/mol. The molecular formula is C31H47N3O2. The number of rotatable bonds is 6. The number of anilines is 2. The highest BCUT2D eigenvalue weighted by Gasteiger charge is 2.39. The highest BCUT2D eigenvalue weighted by molar-refractivity contribution is 6.03. The Morgan fingerprint density at radius 1 is 0.583 bits per heavy atom. The van der Waals surface area contributed by atoms with Crippen LogP contribution in [0.2, 0.25) is 0 Å². The second-order valence-electron chi connectivity index (χ2n) is 12.0. The van der Waals surface area contributed by atoms with E-state index in [2.05, 4.69) is 15.9 Å². The molecule has 0 saturated heterocycles. The zero-order valence-electron chi connectivity index (χ0n) is 22.3. The number of aromatic nitrogens is 1. The van der Waals surface area contributed by atoms with Crippen LogP contribution < -0.4 is 9.80 Å². The first kappa shape index (κ1) is 25.7. The van der Waals surface area contributed by atoms with Crippen molar-refractivity contribution in [3.05, 3.63) is 18.3 Å². The summed E-state index contributed by atoms with van der Waals surface area (Å²) in [6.07, 6.45) is 24.4. The molecule has 5 rings (SSSR count). The third-order valence-corrected chi connectivity index (χ3v) is 9.52. The molecule has 2 amide bonds. The van der Waals surface area contributed by atoms with E-state index >= 15 is 0 Å². The van der Waals surface area contributed by atoms with Gasteiger partial charge in [-0.25, -0.2) is 4.98 Å². The van der Waals surface area contributed by atoms with Crippen LogP contribution in [-0.2, 0) is 9.59 Å². The van der Waals surface area contributed by atoms with Gasteiger partial charge in [0.15, 0.2) is 5.82 Å². The second kappa shape index (κ2) is 12.6. The largest absolute Gasteiger partial charge is 0.306 e. The lowest BCUT2D eigenvalue weighted by Gasteiger charge is -2.41. The Labute approximate surface area is 218 Å². The summed E-state index contributed by atoms with van der Waals surface area (Å²) in [4.78, 5) is 37.6. The van der Waals surface area contributed by atoms with Crippen molar-refractivity contribution in [2.75, 3.05) is 9.80 Å². The molecule has 5 heteroatoms. The molecule has 4 saturated carbocycles. The Kier molecular flexibility index (Phi) is 8.97. The van der Waals surface area contributed by atoms with Gasteiger partial charge in [0.1, 0.15) is 0 Å². The van der Waals surface area contributed by atoms with Gasteiger partial charge in [0, 0.05) is 30.1 Å². The quantitative estimate of drug-likeness (QED) is 0.410. The van der Waals surface area contributed by atoms with E-state index in [4.69, 9.17) is 4.98 Å². The topological polar surface area (TPSA) is 53.5 Å². The first-order valence-electron chi connectivity index (χ1n) is 15.3. The summed E-state index contributed by atoms with van der Waals surface area (Å²) in [6.45, 7) is 0. The minimum Gasteiger partial charge on any atom is -0.306 e. The molecule has 0 unspecified atom stereocenters. The van der Waals surface area contributed by atoms with Gasteiger partial charge in [-0.2, -0.15) is 0 Å². The summed E-state index contributed by atoms with van der Waals surface area (Å²) in [5, 5.41) is 0. The van der Waals surface area contributed by atoms with E-state index in [0.29, 0.717) is 5.91 Å². The van der Waals surface area contributed by atoms with Crippen LogP contribution in [0.5, 0.6) is 0 Å². The molecule has 1 heterocycles. The van der Waals surface area contributed by atoms with Gasteiger partial charge in [0.05, 0.1) is 5.69 Å². The molecule has 0 aliphatic heterocycles. The molecule has 36 heavy (non-hydrogen) atoms. The molecule has 0 bridgehead atoms. The van der Waals surface area contributed by atoms with E-state index in [1.807, 2.05) is 12.3 Å². The fourth-order valence-electron chi connectivity index (χ4n) is 7.49. The summed E-state index contributed by atoms with van der Waals surface area (Å²) in [7, 11) is 0. The van der Waals surface area contributed by atoms with E-state index < -0.39 is 0 Å². The SMILES string of the molecule is O=C(C1CCCCC1)N(c1cccnc1N(C(=O)C1CCCCC1)C1CCCCC1)C1CCCCC1. The maximum absolute atomic E-state index is 14.2. The number of nitrogens with zero attached hydrogens (tertiary/aromatic N) is 3. The van der Waals surface area contributed by atoms with Crippen LogP contribution in [0.4, 0.5) is 11.5 Å². The monoisotopic (exact) mass is 493 g/mol. The first-order valence-corrected chi connectivity index (χ1v) is 15.3. The fraction of sp³-hybridized carbons (Fsp3) is 0.774. The first-order chi connectivity index (χ1) is 17.7. The summed E-state index contributed by atoms with van der Waals surface area (Å²) < 4.78 is 0. The zero-order valence-corrected chi connectivity index (χ0v) is 22.3. The van der Waals surface area contributed by atoms with Crippen molar-refractivity contribution in [1.82, 2.24) is 4.98 Å². The van der Waals surface area contributed by atoms with Crippen molar-refractivity contribution >= 4 is 23.3 Å². The van der Waals surface area contributed by atoms with Crippen molar-refractivity contribution in [1.29, 1.82) is 0 Å². The fourth-order valence-corrected chi connectivity index (χ4v) is 7.49. The van der Waals surface area contributed by atoms with Crippen molar-refractivity contribution < 1.29 is 9.59 Å². The maximum Gasteiger partial charge on any atom is 0.231 e. The van der Waals surface area contributed by atoms with Crippen LogP contribution in [0.3, 0.4) is 0 Å². The lowest BCUT2D eigenvalue weighted by atomic mass is 9.85. The van der Waals surface area contributed by atoms with Crippen LogP contribution in [0.1, 0.15) is 128 Å². The number of pyridine rings is 1. The number of amides is 2. The number of hydrogen-bond donors (Lipinski definition) is 0. The highest BCUT2D eigenvalue weighted by Crippen LogP contribution is 2.40. The lowest BCUT2D eigenvalue weighted by Crippen LogP contribution is -2.49. The molecule has 1 aromatic rings. The Hall–Kier alpha value is -1.91. The molecule has 0 radical (unpaired) electrons. The molecule has 5 nitrogen and oxygen atoms in total. The minimum absolute atomic E-state index is 0.104. The molecular weight excluding hydrogens is 446 g/mol. The van der Waals surface area contributed by atoms with Gasteiger partial charge in [-0.3, -0.25) is 14.5 Å². The average Bonchev–Trinajstić information content (AvgIpc) is 2.96. The molecule has 0 N–H and O–H groups in total. The molecule has 4 aliphatic rings. The standard InChI is InChI=1S/C31H47N3O2/c35-30(24-14-5-1-6-15-24)33(26-18-9-3-10-19-26)28-22-13-23-32-29(28)34(27-20-11-4-12-21-27)31(36)25-16-7-2-8-17-25/h13,22-27H,1-12,14-21H2. The highest BCUT2D eigenvalue weighted by atomic mass is 16.2. The van der Waals surface area contributed by atoms with E-state index in [1.54, 1.807) is 0 Å². The van der Waals surface area contributed by atoms with Gasteiger partial charge in [-0.15, -0.1) is 0 Å². The van der Waals surface area contributed by atoms with Crippen molar-refractivity contribution in [3.63, 3.8) is 0 Å². The van der Waals surface area contributed by atoms with E-state index in [0.717, 1.165) is 88.6 Å². The van der Waals surface area contributed by atoms with Gasteiger partial charge >= 0.3 is 0 Å². The van der Waals surface area contributed by atoms with Gasteiger partial charge in [0.25, 0.3) is 0 Å². The molecule has 1 aromatic heterocycles. The number of hydrogen-bond acceptors (Lipinski definition) is 3. The van der Waals surface area contributed by atoms with Crippen molar-refractivity contribution in [2.24, 2.45) is 11.8 Å². The maximum atomic E-state index is 14.2. The van der Waals surface area contributed by atoms with Gasteiger partial charge in [-0.1, -0.05) is 77.0 Å². The molecule has 0 aromatic carbocycles. The van der Waals surface area contributed by atoms with Gasteiger partial charge in [-0.05, 0) is 63.5 Å². The molecule has 0 atom stereocenters. The van der Waals surface area contributed by atoms with Crippen molar-refractivity contribution in [2.45, 2.75) is 141 Å². The number of carbonyl (C=O) groups excluding carboxylic acids is 2. The third kappa shape index (κ3) is 5.81. The van der Waals surface area contributed by atoms with Gasteiger partial charge < -0.3 is 4.90 Å². The molecule has 0 spiro atoms. The van der Waals surface area contributed by atoms with Crippen LogP contribution in [0.15, 0.2) is 18.3 Å². The normalized spacial score (nSPS) is 23.3. The lowest BCUT2D eigenvalue weighted by molar-refractivity contribution is -0.125. The predicted octanol–water partition coefficient (Wildman–Crippen LogP) is 7.57. The molecule has 4 aliphatic carbocycles. The van der Waals surface area contributed by atoms with Crippen LogP contribution >= 0.6 is 0 Å². The Morgan fingerprint density at radius 2 is 1.00 bits per heavy atom. The minimum atomic E-state index is 0.104. The van der Waals surface area contributed by atoms with Crippen LogP contribution in [0.25, 0.3) is 0 Å². The van der Waals surface area contributed by atoms with Crippen LogP contribution in [0, 0.1) is 11.8 Å². The van der Waals surface area contributed by atoms with E-state index in [1.165, 1.54) is 51.4 Å². The smallest absolute Gasteiger partial charge is 0.231 e. The zero-order chi connectivity index (χ0) is 24.7. The van der Waals surface area contributed by atoms with Crippen LogP contribution in [-0.4, -0.2) is 28.9 Å². The Bertz CT molecular complexity index is 791. The summed E-state index contributed by atoms with van der Waals surface area (Å²) >= 11 is 0. The summed E-state index contributed by atoms with van der Waals surface area (Å²) in [5.74, 6) is 1.56. The summed E-state index contributed by atoms with van der Waals surface area (Å²) in [5.41, 5.74) is 0.912. The van der Waals surface area contributed by atoms with Gasteiger partial charge in [0.2, 0.25) is 11.8 Å². The Balaban J connectivity index is 1.53. The second-order valence-corrected chi connectivity index (χ2v) is 12.0. The van der Waals surface area contributed by atoms with E-state index in [-0.39, 0.29) is 29.8 Å². The molecule has 4 fully saturated rings. The van der Waals surface area contributed by atoms with E-state index in [9.17, 15) is 9.59 Å². The molecule has 198 valence electrons. The third-order valence-electron chi connectivity index (χ3n) is 9.52. The summed E-state index contributed by atoms with van der Waals surface area (Å²) in [6, 6.07) is 4.52. The Morgan fingerprint density at radius 3 is 1.50 bits per heavy atom. The van der Waals surface area contributed by atoms with Crippen molar-refractivity contribution in [3.8, 4) is 0 Å². The number of carbonyl (C=O) groups is 2. The predicted molar refractivity (Wildman–Crippen MR) is 146 cm³/mol.